The molecule has 0 spiro atoms. The molecule has 1 rings (SSSR count). The van der Waals surface area contributed by atoms with Crippen molar-refractivity contribution < 1.29 is 17.6 Å². The molecule has 1 aromatic carbocycles. The van der Waals surface area contributed by atoms with E-state index in [1.165, 1.54) is 13.8 Å². The van der Waals surface area contributed by atoms with Crippen LogP contribution in [0.4, 0.5) is 4.39 Å². The molecule has 0 saturated heterocycles. The molecule has 0 aliphatic rings. The maximum Gasteiger partial charge on any atom is 0.241 e. The van der Waals surface area contributed by atoms with E-state index >= 15 is 0 Å². The number of hydrogen-bond donors (Lipinski definition) is 1. The lowest BCUT2D eigenvalue weighted by molar-refractivity contribution is -0.125. The number of aryl methyl sites for hydroxylation is 2. The normalized spacial score (nSPS) is 12.5. The van der Waals surface area contributed by atoms with Gasteiger partial charge in [0.1, 0.15) is 5.82 Å². The van der Waals surface area contributed by atoms with Crippen molar-refractivity contribution in [1.82, 2.24) is 4.72 Å². The van der Waals surface area contributed by atoms with Crippen molar-refractivity contribution in [2.75, 3.05) is 6.54 Å². The Balaban J connectivity index is 3.05. The summed E-state index contributed by atoms with van der Waals surface area (Å²) in [6.45, 7) is 7.93. The Labute approximate surface area is 119 Å². The minimum Gasteiger partial charge on any atom is -0.298 e. The number of sulfonamides is 1. The maximum absolute atomic E-state index is 13.2. The predicted octanol–water partition coefficient (Wildman–Crippen LogP) is 2.34. The summed E-state index contributed by atoms with van der Waals surface area (Å²) in [7, 11) is -3.83. The molecule has 0 saturated carbocycles. The first-order chi connectivity index (χ1) is 8.95. The quantitative estimate of drug-likeness (QED) is 0.928. The highest BCUT2D eigenvalue weighted by atomic mass is 32.2. The van der Waals surface area contributed by atoms with Crippen LogP contribution in [-0.2, 0) is 14.8 Å². The standard InChI is InChI=1S/C14H20FNO3S/c1-9-6-11(15)7-10(2)13(9)20(18,19)16-8-12(17)14(3,4)5/h6-7,16H,8H2,1-5H3. The van der Waals surface area contributed by atoms with Crippen LogP contribution >= 0.6 is 0 Å². The molecule has 112 valence electrons. The van der Waals surface area contributed by atoms with Gasteiger partial charge in [-0.15, -0.1) is 0 Å². The first-order valence-electron chi connectivity index (χ1n) is 6.25. The summed E-state index contributed by atoms with van der Waals surface area (Å²) in [6, 6.07) is 2.32. The first-order valence-corrected chi connectivity index (χ1v) is 7.73. The van der Waals surface area contributed by atoms with Gasteiger partial charge in [-0.25, -0.2) is 17.5 Å². The predicted molar refractivity (Wildman–Crippen MR) is 75.5 cm³/mol. The van der Waals surface area contributed by atoms with Gasteiger partial charge in [0.2, 0.25) is 10.0 Å². The molecular weight excluding hydrogens is 281 g/mol. The van der Waals surface area contributed by atoms with Crippen LogP contribution in [-0.4, -0.2) is 20.7 Å². The Hall–Kier alpha value is -1.27. The van der Waals surface area contributed by atoms with E-state index < -0.39 is 21.3 Å². The lowest BCUT2D eigenvalue weighted by Gasteiger charge is -2.17. The average Bonchev–Trinajstić information content (AvgIpc) is 2.22. The topological polar surface area (TPSA) is 63.2 Å². The molecule has 0 heterocycles. The zero-order chi connectivity index (χ0) is 15.7. The van der Waals surface area contributed by atoms with Crippen LogP contribution in [0.5, 0.6) is 0 Å². The van der Waals surface area contributed by atoms with E-state index in [0.717, 1.165) is 12.1 Å². The summed E-state index contributed by atoms with van der Waals surface area (Å²) in [6.07, 6.45) is 0. The molecule has 0 atom stereocenters. The monoisotopic (exact) mass is 301 g/mol. The van der Waals surface area contributed by atoms with Crippen molar-refractivity contribution >= 4 is 15.8 Å². The molecule has 0 unspecified atom stereocenters. The smallest absolute Gasteiger partial charge is 0.241 e. The molecule has 0 aliphatic carbocycles. The van der Waals surface area contributed by atoms with E-state index in [9.17, 15) is 17.6 Å². The van der Waals surface area contributed by atoms with Crippen LogP contribution < -0.4 is 4.72 Å². The Kier molecular flexibility index (Phi) is 4.71. The van der Waals surface area contributed by atoms with Crippen molar-refractivity contribution in [3.8, 4) is 0 Å². The van der Waals surface area contributed by atoms with Gasteiger partial charge in [-0.3, -0.25) is 4.79 Å². The Morgan fingerprint density at radius 3 is 2.05 bits per heavy atom. The summed E-state index contributed by atoms with van der Waals surface area (Å²) in [5, 5.41) is 0. The van der Waals surface area contributed by atoms with Crippen molar-refractivity contribution in [2.24, 2.45) is 5.41 Å². The van der Waals surface area contributed by atoms with E-state index in [4.69, 9.17) is 0 Å². The summed E-state index contributed by atoms with van der Waals surface area (Å²) >= 11 is 0. The van der Waals surface area contributed by atoms with Crippen LogP contribution in [0.25, 0.3) is 0 Å². The lowest BCUT2D eigenvalue weighted by atomic mass is 9.91. The number of benzene rings is 1. The Bertz CT molecular complexity index is 607. The van der Waals surface area contributed by atoms with Crippen LogP contribution in [0.3, 0.4) is 0 Å². The van der Waals surface area contributed by atoms with E-state index in [2.05, 4.69) is 4.72 Å². The van der Waals surface area contributed by atoms with Crippen LogP contribution in [0.1, 0.15) is 31.9 Å². The van der Waals surface area contributed by atoms with E-state index in [0.29, 0.717) is 11.1 Å². The minimum absolute atomic E-state index is 0.0283. The van der Waals surface area contributed by atoms with Gasteiger partial charge in [-0.2, -0.15) is 0 Å². The zero-order valence-electron chi connectivity index (χ0n) is 12.4. The van der Waals surface area contributed by atoms with Gasteiger partial charge in [0.15, 0.2) is 5.78 Å². The van der Waals surface area contributed by atoms with Gasteiger partial charge in [0, 0.05) is 5.41 Å². The van der Waals surface area contributed by atoms with E-state index in [1.807, 2.05) is 0 Å². The lowest BCUT2D eigenvalue weighted by Crippen LogP contribution is -2.36. The molecule has 1 N–H and O–H groups in total. The number of carbonyl (C=O) groups is 1. The summed E-state index contributed by atoms with van der Waals surface area (Å²) in [5.41, 5.74) is 0.0199. The molecule has 0 bridgehead atoms. The highest BCUT2D eigenvalue weighted by Crippen LogP contribution is 2.21. The highest BCUT2D eigenvalue weighted by molar-refractivity contribution is 7.89. The van der Waals surface area contributed by atoms with Gasteiger partial charge < -0.3 is 0 Å². The number of carbonyl (C=O) groups excluding carboxylic acids is 1. The zero-order valence-corrected chi connectivity index (χ0v) is 13.2. The molecule has 0 aromatic heterocycles. The second kappa shape index (κ2) is 5.61. The van der Waals surface area contributed by atoms with E-state index in [1.54, 1.807) is 20.8 Å². The molecular formula is C14H20FNO3S. The maximum atomic E-state index is 13.2. The molecule has 20 heavy (non-hydrogen) atoms. The second-order valence-electron chi connectivity index (χ2n) is 5.87. The van der Waals surface area contributed by atoms with Crippen molar-refractivity contribution in [2.45, 2.75) is 39.5 Å². The molecule has 6 heteroatoms. The van der Waals surface area contributed by atoms with Gasteiger partial charge in [-0.05, 0) is 37.1 Å². The van der Waals surface area contributed by atoms with Gasteiger partial charge in [0.25, 0.3) is 0 Å². The number of rotatable bonds is 4. The average molecular weight is 301 g/mol. The third-order valence-corrected chi connectivity index (χ3v) is 4.66. The van der Waals surface area contributed by atoms with Gasteiger partial charge in [0.05, 0.1) is 11.4 Å². The summed E-state index contributed by atoms with van der Waals surface area (Å²) in [4.78, 5) is 11.8. The van der Waals surface area contributed by atoms with Crippen molar-refractivity contribution in [3.63, 3.8) is 0 Å². The molecule has 0 fully saturated rings. The molecule has 1 aromatic rings. The van der Waals surface area contributed by atoms with Crippen molar-refractivity contribution in [1.29, 1.82) is 0 Å². The first kappa shape index (κ1) is 16.8. The van der Waals surface area contributed by atoms with Crippen LogP contribution in [0.15, 0.2) is 17.0 Å². The number of ketones is 1. The SMILES string of the molecule is Cc1cc(F)cc(C)c1S(=O)(=O)NCC(=O)C(C)(C)C. The third kappa shape index (κ3) is 3.86. The number of nitrogens with one attached hydrogen (secondary N) is 1. The molecule has 4 nitrogen and oxygen atoms in total. The minimum atomic E-state index is -3.83. The molecule has 0 amide bonds. The number of halogens is 1. The van der Waals surface area contributed by atoms with Crippen LogP contribution in [0.2, 0.25) is 0 Å². The second-order valence-corrected chi connectivity index (χ2v) is 7.57. The third-order valence-electron chi connectivity index (χ3n) is 2.95. The fourth-order valence-corrected chi connectivity index (χ4v) is 3.25. The fraction of sp³-hybridized carbons (Fsp3) is 0.500. The number of Topliss-reactive ketones (excluding diaryl/α,β-unsaturated/α-hetero) is 1. The molecule has 0 aliphatic heterocycles. The Morgan fingerprint density at radius 1 is 1.20 bits per heavy atom. The Morgan fingerprint density at radius 2 is 1.65 bits per heavy atom. The van der Waals surface area contributed by atoms with E-state index in [-0.39, 0.29) is 17.2 Å². The summed E-state index contributed by atoms with van der Waals surface area (Å²) < 4.78 is 39.9. The molecule has 0 radical (unpaired) electrons. The van der Waals surface area contributed by atoms with Crippen molar-refractivity contribution in [3.05, 3.63) is 29.1 Å². The van der Waals surface area contributed by atoms with Crippen LogP contribution in [0, 0.1) is 25.1 Å². The summed E-state index contributed by atoms with van der Waals surface area (Å²) in [5.74, 6) is -0.691. The fourth-order valence-electron chi connectivity index (χ4n) is 1.82. The highest BCUT2D eigenvalue weighted by Gasteiger charge is 2.25. The largest absolute Gasteiger partial charge is 0.298 e. The van der Waals surface area contributed by atoms with Gasteiger partial charge in [-0.1, -0.05) is 20.8 Å². The number of hydrogen-bond acceptors (Lipinski definition) is 3. The van der Waals surface area contributed by atoms with Gasteiger partial charge >= 0.3 is 0 Å².